The molecule has 50 heavy (non-hydrogen) atoms. The second-order valence-electron chi connectivity index (χ2n) is 14.2. The fourth-order valence-corrected chi connectivity index (χ4v) is 6.85. The Morgan fingerprint density at radius 2 is 1.58 bits per heavy atom. The van der Waals surface area contributed by atoms with Crippen molar-refractivity contribution < 1.29 is 25.8 Å². The number of aryl methyl sites for hydroxylation is 3. The monoisotopic (exact) mass is 839 g/mol. The smallest absolute Gasteiger partial charge is 0.509 e. The molecule has 0 saturated heterocycles. The van der Waals surface area contributed by atoms with E-state index in [1.54, 1.807) is 0 Å². The molecule has 0 amide bonds. The maximum absolute atomic E-state index is 6.47. The minimum Gasteiger partial charge on any atom is -0.509 e. The van der Waals surface area contributed by atoms with Gasteiger partial charge in [-0.25, -0.2) is 4.98 Å². The summed E-state index contributed by atoms with van der Waals surface area (Å²) in [6, 6.07) is 38.7. The largest absolute Gasteiger partial charge is 2.00 e. The Hall–Kier alpha value is -4.47. The number of pyridine rings is 1. The van der Waals surface area contributed by atoms with Crippen molar-refractivity contribution in [3.05, 3.63) is 132 Å². The van der Waals surface area contributed by atoms with Crippen LogP contribution in [0.3, 0.4) is 0 Å². The van der Waals surface area contributed by atoms with E-state index in [0.29, 0.717) is 16.9 Å². The molecule has 5 nitrogen and oxygen atoms in total. The maximum atomic E-state index is 6.47. The molecular weight excluding hydrogens is 796 g/mol. The Labute approximate surface area is 310 Å². The Bertz CT molecular complexity index is 2260. The molecule has 0 aliphatic rings. The summed E-state index contributed by atoms with van der Waals surface area (Å²) in [4.78, 5) is 4.82. The van der Waals surface area contributed by atoms with Crippen LogP contribution in [0.5, 0.6) is 11.5 Å². The average Bonchev–Trinajstić information content (AvgIpc) is 3.58. The Balaban J connectivity index is 0.00000432. The summed E-state index contributed by atoms with van der Waals surface area (Å²) in [6.07, 6.45) is 7.57. The summed E-state index contributed by atoms with van der Waals surface area (Å²) >= 11 is 0. The SMILES string of the molecule is CCc1ccnc(-n2c3[c-]c(Oc4[c-]c(-n5nc(C)c(-c6ccccc6)c5C)ccc4)ccc3c3cc(CCCCC(C)(C)C)ccc32)c1.[Pt+2]. The van der Waals surface area contributed by atoms with Crippen LogP contribution in [0.2, 0.25) is 0 Å². The molecule has 0 aliphatic heterocycles. The fourth-order valence-electron chi connectivity index (χ4n) is 6.85. The molecule has 0 bridgehead atoms. The van der Waals surface area contributed by atoms with Crippen molar-refractivity contribution >= 4 is 21.8 Å². The molecule has 7 aromatic rings. The van der Waals surface area contributed by atoms with Crippen LogP contribution in [-0.2, 0) is 33.9 Å². The van der Waals surface area contributed by atoms with Gasteiger partial charge >= 0.3 is 21.1 Å². The Morgan fingerprint density at radius 1 is 0.780 bits per heavy atom. The first-order valence-electron chi connectivity index (χ1n) is 17.5. The molecule has 0 unspecified atom stereocenters. The standard InChI is InChI=1S/C44H44N4O.Pt/c1-7-32-23-25-45-42(27-32)47-40-22-19-33(14-11-12-24-44(4,5)6)26-39(40)38-21-20-37(29-41(38)47)49-36-18-13-17-35(28-36)48-31(3)43(30(2)46-48)34-15-9-8-10-16-34;/h8-10,13,15-23,25-27H,7,11-12,14,24H2,1-6H3;/q-2;+2. The molecule has 4 aromatic carbocycles. The molecule has 0 fully saturated rings. The van der Waals surface area contributed by atoms with Crippen LogP contribution in [0.15, 0.2) is 97.2 Å². The number of aromatic nitrogens is 4. The van der Waals surface area contributed by atoms with Crippen LogP contribution in [0, 0.1) is 31.4 Å². The number of fused-ring (bicyclic) bond motifs is 3. The van der Waals surface area contributed by atoms with Crippen LogP contribution in [0.1, 0.15) is 69.5 Å². The van der Waals surface area contributed by atoms with Gasteiger partial charge in [0.15, 0.2) is 0 Å². The van der Waals surface area contributed by atoms with Gasteiger partial charge in [-0.1, -0.05) is 82.1 Å². The van der Waals surface area contributed by atoms with Gasteiger partial charge in [0, 0.05) is 34.5 Å². The molecule has 0 N–H and O–H groups in total. The molecule has 0 spiro atoms. The number of nitrogens with zero attached hydrogens (tertiary/aromatic N) is 4. The van der Waals surface area contributed by atoms with Gasteiger partial charge in [-0.15, -0.1) is 35.7 Å². The number of unbranched alkanes of at least 4 members (excludes halogenated alkanes) is 1. The van der Waals surface area contributed by atoms with Crippen molar-refractivity contribution in [3.8, 4) is 34.1 Å². The van der Waals surface area contributed by atoms with Gasteiger partial charge < -0.3 is 9.30 Å². The minimum absolute atomic E-state index is 0. The van der Waals surface area contributed by atoms with Crippen LogP contribution >= 0.6 is 0 Å². The van der Waals surface area contributed by atoms with E-state index in [4.69, 9.17) is 14.8 Å². The summed E-state index contributed by atoms with van der Waals surface area (Å²) < 4.78 is 10.6. The molecule has 3 heterocycles. The van der Waals surface area contributed by atoms with Crippen LogP contribution in [0.4, 0.5) is 0 Å². The van der Waals surface area contributed by atoms with Crippen molar-refractivity contribution in [3.63, 3.8) is 0 Å². The molecular formula is C44H44N4OPt. The first-order chi connectivity index (χ1) is 23.7. The summed E-state index contributed by atoms with van der Waals surface area (Å²) in [6.45, 7) is 13.3. The zero-order valence-electron chi connectivity index (χ0n) is 29.8. The van der Waals surface area contributed by atoms with Gasteiger partial charge in [-0.2, -0.15) is 17.2 Å². The van der Waals surface area contributed by atoms with Crippen molar-refractivity contribution in [2.75, 3.05) is 0 Å². The van der Waals surface area contributed by atoms with Crippen molar-refractivity contribution in [1.29, 1.82) is 0 Å². The molecule has 256 valence electrons. The quantitative estimate of drug-likeness (QED) is 0.102. The summed E-state index contributed by atoms with van der Waals surface area (Å²) in [7, 11) is 0. The summed E-state index contributed by atoms with van der Waals surface area (Å²) in [5.74, 6) is 2.11. The van der Waals surface area contributed by atoms with Crippen LogP contribution < -0.4 is 4.74 Å². The van der Waals surface area contributed by atoms with Gasteiger partial charge in [0.25, 0.3) is 0 Å². The third-order valence-corrected chi connectivity index (χ3v) is 9.36. The number of ether oxygens (including phenoxy) is 1. The van der Waals surface area contributed by atoms with Gasteiger partial charge in [0.2, 0.25) is 0 Å². The van der Waals surface area contributed by atoms with E-state index in [-0.39, 0.29) is 21.1 Å². The summed E-state index contributed by atoms with van der Waals surface area (Å²) in [5.41, 5.74) is 10.2. The third kappa shape index (κ3) is 7.35. The number of rotatable bonds is 10. The first kappa shape index (κ1) is 35.4. The van der Waals surface area contributed by atoms with Crippen LogP contribution in [-0.4, -0.2) is 19.3 Å². The van der Waals surface area contributed by atoms with E-state index >= 15 is 0 Å². The predicted octanol–water partition coefficient (Wildman–Crippen LogP) is 11.4. The molecule has 0 saturated carbocycles. The van der Waals surface area contributed by atoms with E-state index in [9.17, 15) is 0 Å². The van der Waals surface area contributed by atoms with Crippen LogP contribution in [0.25, 0.3) is 44.4 Å². The zero-order chi connectivity index (χ0) is 34.1. The van der Waals surface area contributed by atoms with E-state index in [1.807, 2.05) is 41.2 Å². The van der Waals surface area contributed by atoms with E-state index in [0.717, 1.165) is 63.3 Å². The molecule has 0 radical (unpaired) electrons. The predicted molar refractivity (Wildman–Crippen MR) is 201 cm³/mol. The van der Waals surface area contributed by atoms with Gasteiger partial charge in [-0.05, 0) is 90.9 Å². The van der Waals surface area contributed by atoms with E-state index in [2.05, 4.69) is 119 Å². The van der Waals surface area contributed by atoms with Crippen molar-refractivity contribution in [2.24, 2.45) is 5.41 Å². The zero-order valence-corrected chi connectivity index (χ0v) is 32.1. The molecule has 0 atom stereocenters. The normalized spacial score (nSPS) is 11.6. The number of benzene rings is 4. The van der Waals surface area contributed by atoms with Gasteiger partial charge in [0.05, 0.1) is 5.69 Å². The number of hydrogen-bond acceptors (Lipinski definition) is 3. The Morgan fingerprint density at radius 3 is 2.36 bits per heavy atom. The van der Waals surface area contributed by atoms with Crippen molar-refractivity contribution in [1.82, 2.24) is 19.3 Å². The second-order valence-corrected chi connectivity index (χ2v) is 14.2. The fraction of sp³-hybridized carbons (Fsp3) is 0.273. The third-order valence-electron chi connectivity index (χ3n) is 9.36. The topological polar surface area (TPSA) is 44.9 Å². The van der Waals surface area contributed by atoms with E-state index in [1.165, 1.54) is 35.8 Å². The average molecular weight is 840 g/mol. The van der Waals surface area contributed by atoms with Gasteiger partial charge in [-0.3, -0.25) is 4.68 Å². The minimum atomic E-state index is 0. The molecule has 7 rings (SSSR count). The van der Waals surface area contributed by atoms with Crippen molar-refractivity contribution in [2.45, 2.75) is 73.6 Å². The Kier molecular flexibility index (Phi) is 10.5. The molecule has 6 heteroatoms. The molecule has 3 aromatic heterocycles. The second kappa shape index (κ2) is 14.8. The van der Waals surface area contributed by atoms with Gasteiger partial charge in [0.1, 0.15) is 5.82 Å². The molecule has 0 aliphatic carbocycles. The maximum Gasteiger partial charge on any atom is 2.00 e. The first-order valence-corrected chi connectivity index (χ1v) is 17.5. The summed E-state index contributed by atoms with van der Waals surface area (Å²) in [5, 5.41) is 7.23. The number of hydrogen-bond donors (Lipinski definition) is 0. The van der Waals surface area contributed by atoms with E-state index < -0.39 is 0 Å².